The number of aliphatic hydroxyl groups is 2. The first-order valence-electron chi connectivity index (χ1n) is 4.92. The van der Waals surface area contributed by atoms with Gasteiger partial charge in [-0.3, -0.25) is 0 Å². The van der Waals surface area contributed by atoms with E-state index in [4.69, 9.17) is 15.3 Å². The van der Waals surface area contributed by atoms with Crippen molar-refractivity contribution in [2.45, 2.75) is 6.29 Å². The Balaban J connectivity index is 2.31. The van der Waals surface area contributed by atoms with Gasteiger partial charge in [-0.15, -0.1) is 0 Å². The second kappa shape index (κ2) is 4.35. The van der Waals surface area contributed by atoms with Gasteiger partial charge in [-0.2, -0.15) is 0 Å². The van der Waals surface area contributed by atoms with Crippen molar-refractivity contribution in [2.75, 3.05) is 0 Å². The normalized spacial score (nSPS) is 10.7. The average molecular weight is 216 g/mol. The number of benzene rings is 2. The minimum atomic E-state index is -1.44. The minimum absolute atomic E-state index is 0.228. The van der Waals surface area contributed by atoms with E-state index in [0.717, 1.165) is 11.1 Å². The molecular formula is C13H12O3. The van der Waals surface area contributed by atoms with E-state index in [2.05, 4.69) is 0 Å². The molecule has 0 saturated heterocycles. The van der Waals surface area contributed by atoms with Gasteiger partial charge in [0.25, 0.3) is 0 Å². The molecule has 3 N–H and O–H groups in total. The highest BCUT2D eigenvalue weighted by atomic mass is 16.5. The first-order valence-corrected chi connectivity index (χ1v) is 4.92. The Bertz CT molecular complexity index is 458. The molecule has 0 aliphatic heterocycles. The summed E-state index contributed by atoms with van der Waals surface area (Å²) >= 11 is 0. The van der Waals surface area contributed by atoms with Crippen molar-refractivity contribution in [3.05, 3.63) is 54.1 Å². The van der Waals surface area contributed by atoms with Crippen LogP contribution in [-0.4, -0.2) is 15.3 Å². The van der Waals surface area contributed by atoms with Gasteiger partial charge in [0.05, 0.1) is 0 Å². The fraction of sp³-hybridized carbons (Fsp3) is 0.0769. The molecule has 0 saturated carbocycles. The molecule has 0 bridgehead atoms. The maximum Gasteiger partial charge on any atom is 0.178 e. The molecule has 0 radical (unpaired) electrons. The summed E-state index contributed by atoms with van der Waals surface area (Å²) in [6.07, 6.45) is -1.44. The van der Waals surface area contributed by atoms with E-state index in [9.17, 15) is 0 Å². The maximum absolute atomic E-state index is 9.15. The molecule has 2 aromatic rings. The molecule has 0 aromatic heterocycles. The van der Waals surface area contributed by atoms with Crippen LogP contribution in [0.1, 0.15) is 11.9 Å². The Morgan fingerprint density at radius 3 is 1.56 bits per heavy atom. The Morgan fingerprint density at radius 2 is 1.12 bits per heavy atom. The van der Waals surface area contributed by atoms with Crippen LogP contribution in [0.5, 0.6) is 5.75 Å². The fourth-order valence-corrected chi connectivity index (χ4v) is 1.50. The van der Waals surface area contributed by atoms with Gasteiger partial charge in [0.1, 0.15) is 5.75 Å². The van der Waals surface area contributed by atoms with Crippen LogP contribution in [0.3, 0.4) is 0 Å². The third-order valence-electron chi connectivity index (χ3n) is 2.41. The van der Waals surface area contributed by atoms with Gasteiger partial charge in [-0.05, 0) is 23.3 Å². The smallest absolute Gasteiger partial charge is 0.178 e. The molecule has 0 unspecified atom stereocenters. The van der Waals surface area contributed by atoms with Gasteiger partial charge < -0.3 is 15.3 Å². The predicted octanol–water partition coefficient (Wildman–Crippen LogP) is 2.04. The number of hydrogen-bond donors (Lipinski definition) is 3. The van der Waals surface area contributed by atoms with E-state index >= 15 is 0 Å². The van der Waals surface area contributed by atoms with Gasteiger partial charge in [-0.25, -0.2) is 0 Å². The van der Waals surface area contributed by atoms with Crippen molar-refractivity contribution in [3.8, 4) is 16.9 Å². The predicted molar refractivity (Wildman–Crippen MR) is 60.7 cm³/mol. The Labute approximate surface area is 93.2 Å². The molecule has 0 heterocycles. The lowest BCUT2D eigenvalue weighted by molar-refractivity contribution is -0.0424. The molecular weight excluding hydrogens is 204 g/mol. The third kappa shape index (κ3) is 2.21. The lowest BCUT2D eigenvalue weighted by atomic mass is 10.0. The molecule has 3 heteroatoms. The molecule has 0 atom stereocenters. The number of aliphatic hydroxyl groups excluding tert-OH is 1. The average Bonchev–Trinajstić information content (AvgIpc) is 2.30. The SMILES string of the molecule is Oc1ccc(-c2ccc(C(O)O)cc2)cc1. The summed E-state index contributed by atoms with van der Waals surface area (Å²) in [6, 6.07) is 13.8. The second-order valence-corrected chi connectivity index (χ2v) is 3.54. The van der Waals surface area contributed by atoms with Crippen LogP contribution in [0.4, 0.5) is 0 Å². The minimum Gasteiger partial charge on any atom is -0.508 e. The summed E-state index contributed by atoms with van der Waals surface area (Å²) in [7, 11) is 0. The molecule has 0 fully saturated rings. The molecule has 0 spiro atoms. The summed E-state index contributed by atoms with van der Waals surface area (Å²) in [5, 5.41) is 27.0. The Kier molecular flexibility index (Phi) is 2.90. The van der Waals surface area contributed by atoms with Crippen LogP contribution in [-0.2, 0) is 0 Å². The Hall–Kier alpha value is -1.84. The summed E-state index contributed by atoms with van der Waals surface area (Å²) in [6.45, 7) is 0. The van der Waals surface area contributed by atoms with Gasteiger partial charge in [0.15, 0.2) is 6.29 Å². The molecule has 16 heavy (non-hydrogen) atoms. The summed E-state index contributed by atoms with van der Waals surface area (Å²) in [4.78, 5) is 0. The second-order valence-electron chi connectivity index (χ2n) is 3.54. The zero-order chi connectivity index (χ0) is 11.5. The molecule has 2 rings (SSSR count). The molecule has 0 amide bonds. The van der Waals surface area contributed by atoms with Crippen molar-refractivity contribution < 1.29 is 15.3 Å². The monoisotopic (exact) mass is 216 g/mol. The quantitative estimate of drug-likeness (QED) is 0.673. The highest BCUT2D eigenvalue weighted by Crippen LogP contribution is 2.23. The van der Waals surface area contributed by atoms with Crippen LogP contribution >= 0.6 is 0 Å². The van der Waals surface area contributed by atoms with Crippen molar-refractivity contribution >= 4 is 0 Å². The highest BCUT2D eigenvalue weighted by molar-refractivity contribution is 5.64. The Morgan fingerprint density at radius 1 is 0.688 bits per heavy atom. The van der Waals surface area contributed by atoms with Crippen molar-refractivity contribution in [2.24, 2.45) is 0 Å². The van der Waals surface area contributed by atoms with E-state index in [1.165, 1.54) is 0 Å². The van der Waals surface area contributed by atoms with Crippen LogP contribution in [0.2, 0.25) is 0 Å². The van der Waals surface area contributed by atoms with E-state index in [1.807, 2.05) is 0 Å². The van der Waals surface area contributed by atoms with E-state index in [0.29, 0.717) is 5.56 Å². The van der Waals surface area contributed by atoms with Crippen molar-refractivity contribution in [3.63, 3.8) is 0 Å². The zero-order valence-corrected chi connectivity index (χ0v) is 8.54. The molecule has 82 valence electrons. The maximum atomic E-state index is 9.15. The van der Waals surface area contributed by atoms with E-state index < -0.39 is 6.29 Å². The van der Waals surface area contributed by atoms with Crippen molar-refractivity contribution in [1.82, 2.24) is 0 Å². The van der Waals surface area contributed by atoms with Gasteiger partial charge >= 0.3 is 0 Å². The highest BCUT2D eigenvalue weighted by Gasteiger charge is 2.02. The topological polar surface area (TPSA) is 60.7 Å². The fourth-order valence-electron chi connectivity index (χ4n) is 1.50. The number of phenolic OH excluding ortho intramolecular Hbond substituents is 1. The van der Waals surface area contributed by atoms with E-state index in [1.54, 1.807) is 48.5 Å². The third-order valence-corrected chi connectivity index (χ3v) is 2.41. The van der Waals surface area contributed by atoms with Gasteiger partial charge in [0.2, 0.25) is 0 Å². The number of rotatable bonds is 2. The summed E-state index contributed by atoms with van der Waals surface area (Å²) < 4.78 is 0. The molecule has 0 aliphatic carbocycles. The summed E-state index contributed by atoms with van der Waals surface area (Å²) in [5.41, 5.74) is 2.39. The molecule has 3 nitrogen and oxygen atoms in total. The first kappa shape index (κ1) is 10.7. The van der Waals surface area contributed by atoms with Gasteiger partial charge in [0, 0.05) is 5.56 Å². The van der Waals surface area contributed by atoms with Crippen LogP contribution in [0, 0.1) is 0 Å². The largest absolute Gasteiger partial charge is 0.508 e. The first-order chi connectivity index (χ1) is 7.66. The number of hydrogen-bond acceptors (Lipinski definition) is 3. The van der Waals surface area contributed by atoms with Crippen LogP contribution in [0.15, 0.2) is 48.5 Å². The number of aromatic hydroxyl groups is 1. The molecule has 0 aliphatic rings. The standard InChI is InChI=1S/C13H12O3/c14-12-7-5-10(6-8-12)9-1-3-11(4-2-9)13(15)16/h1-8,13-16H. The zero-order valence-electron chi connectivity index (χ0n) is 8.54. The van der Waals surface area contributed by atoms with E-state index in [-0.39, 0.29) is 5.75 Å². The van der Waals surface area contributed by atoms with Gasteiger partial charge in [-0.1, -0.05) is 36.4 Å². The lowest BCUT2D eigenvalue weighted by Gasteiger charge is -2.06. The molecule has 2 aromatic carbocycles. The summed E-state index contributed by atoms with van der Waals surface area (Å²) in [5.74, 6) is 0.228. The van der Waals surface area contributed by atoms with Crippen molar-refractivity contribution in [1.29, 1.82) is 0 Å². The lowest BCUT2D eigenvalue weighted by Crippen LogP contribution is -1.93. The number of phenols is 1. The van der Waals surface area contributed by atoms with Crippen LogP contribution < -0.4 is 0 Å². The van der Waals surface area contributed by atoms with Crippen LogP contribution in [0.25, 0.3) is 11.1 Å².